The molecule has 0 saturated carbocycles. The van der Waals surface area contributed by atoms with Crippen molar-refractivity contribution in [2.24, 2.45) is 0 Å². The molecule has 0 radical (unpaired) electrons. The second-order valence-electron chi connectivity index (χ2n) is 4.99. The van der Waals surface area contributed by atoms with E-state index in [4.69, 9.17) is 19.9 Å². The monoisotopic (exact) mass is 289 g/mol. The molecule has 1 fully saturated rings. The molecular weight excluding hydrogens is 270 g/mol. The molecule has 0 aliphatic carbocycles. The average molecular weight is 289 g/mol. The highest BCUT2D eigenvalue weighted by Crippen LogP contribution is 2.40. The number of benzene rings is 1. The zero-order valence-corrected chi connectivity index (χ0v) is 12.0. The van der Waals surface area contributed by atoms with Crippen LogP contribution in [-0.2, 0) is 4.74 Å². The topological polar surface area (TPSA) is 82.4 Å². The van der Waals surface area contributed by atoms with Crippen LogP contribution in [0.15, 0.2) is 24.4 Å². The number of methoxy groups -OCH3 is 1. The van der Waals surface area contributed by atoms with Crippen LogP contribution in [0.5, 0.6) is 11.5 Å². The lowest BCUT2D eigenvalue weighted by molar-refractivity contribution is 0.00648. The number of nitrogens with one attached hydrogen (secondary N) is 1. The number of hydrogen-bond donors (Lipinski definition) is 2. The fourth-order valence-electron chi connectivity index (χ4n) is 2.53. The minimum absolute atomic E-state index is 0.0598. The highest BCUT2D eigenvalue weighted by molar-refractivity contribution is 5.80. The molecule has 1 aliphatic heterocycles. The number of rotatable bonds is 4. The van der Waals surface area contributed by atoms with Gasteiger partial charge in [0.1, 0.15) is 11.9 Å². The third kappa shape index (κ3) is 2.80. The second-order valence-corrected chi connectivity index (χ2v) is 4.99. The SMILES string of the molecule is COc1c(OC2CCCOC2)cccc1-c1cn[nH]c1N. The number of H-pyrrole nitrogens is 1. The first-order valence-electron chi connectivity index (χ1n) is 7.00. The van der Waals surface area contributed by atoms with Gasteiger partial charge in [0.25, 0.3) is 0 Å². The molecular formula is C15H19N3O3. The van der Waals surface area contributed by atoms with Crippen molar-refractivity contribution in [3.05, 3.63) is 24.4 Å². The summed E-state index contributed by atoms with van der Waals surface area (Å²) in [7, 11) is 1.62. The van der Waals surface area contributed by atoms with E-state index >= 15 is 0 Å². The summed E-state index contributed by atoms with van der Waals surface area (Å²) in [5, 5.41) is 6.68. The number of nitrogen functional groups attached to an aromatic ring is 1. The van der Waals surface area contributed by atoms with Crippen molar-refractivity contribution in [3.63, 3.8) is 0 Å². The summed E-state index contributed by atoms with van der Waals surface area (Å²) >= 11 is 0. The Labute approximate surface area is 123 Å². The molecule has 3 rings (SSSR count). The molecule has 1 unspecified atom stereocenters. The van der Waals surface area contributed by atoms with Gasteiger partial charge in [-0.2, -0.15) is 5.10 Å². The van der Waals surface area contributed by atoms with Crippen LogP contribution < -0.4 is 15.2 Å². The number of nitrogens with two attached hydrogens (primary N) is 1. The standard InChI is InChI=1S/C15H19N3O3/c1-19-14-11(12-8-17-18-15(12)16)5-2-6-13(14)21-10-4-3-7-20-9-10/h2,5-6,8,10H,3-4,7,9H2,1H3,(H3,16,17,18). The van der Waals surface area contributed by atoms with E-state index in [2.05, 4.69) is 10.2 Å². The maximum absolute atomic E-state index is 6.03. The first-order valence-corrected chi connectivity index (χ1v) is 7.00. The third-order valence-electron chi connectivity index (χ3n) is 3.55. The van der Waals surface area contributed by atoms with Crippen molar-refractivity contribution in [3.8, 4) is 22.6 Å². The molecule has 1 aromatic heterocycles. The van der Waals surface area contributed by atoms with Crippen LogP contribution in [0.25, 0.3) is 11.1 Å². The quantitative estimate of drug-likeness (QED) is 0.902. The van der Waals surface area contributed by atoms with Crippen molar-refractivity contribution < 1.29 is 14.2 Å². The Bertz CT molecular complexity index is 606. The van der Waals surface area contributed by atoms with Gasteiger partial charge in [-0.25, -0.2) is 0 Å². The van der Waals surface area contributed by atoms with Gasteiger partial charge in [0.05, 0.1) is 19.9 Å². The van der Waals surface area contributed by atoms with Crippen molar-refractivity contribution in [1.29, 1.82) is 0 Å². The molecule has 112 valence electrons. The van der Waals surface area contributed by atoms with Gasteiger partial charge in [0.15, 0.2) is 11.5 Å². The predicted octanol–water partition coefficient (Wildman–Crippen LogP) is 2.23. The lowest BCUT2D eigenvalue weighted by Gasteiger charge is -2.24. The molecule has 6 heteroatoms. The van der Waals surface area contributed by atoms with Gasteiger partial charge in [-0.1, -0.05) is 12.1 Å². The van der Waals surface area contributed by atoms with Crippen LogP contribution in [0.2, 0.25) is 0 Å². The Balaban J connectivity index is 1.92. The number of hydrogen-bond acceptors (Lipinski definition) is 5. The highest BCUT2D eigenvalue weighted by atomic mass is 16.5. The van der Waals surface area contributed by atoms with E-state index in [-0.39, 0.29) is 6.10 Å². The molecule has 1 aromatic carbocycles. The molecule has 2 heterocycles. The van der Waals surface area contributed by atoms with Gasteiger partial charge < -0.3 is 19.9 Å². The number of aromatic amines is 1. The average Bonchev–Trinajstić information content (AvgIpc) is 2.94. The van der Waals surface area contributed by atoms with E-state index in [0.717, 1.165) is 30.6 Å². The van der Waals surface area contributed by atoms with E-state index < -0.39 is 0 Å². The number of nitrogens with zero attached hydrogens (tertiary/aromatic N) is 1. The third-order valence-corrected chi connectivity index (χ3v) is 3.55. The molecule has 1 atom stereocenters. The molecule has 1 aliphatic rings. The number of aromatic nitrogens is 2. The van der Waals surface area contributed by atoms with E-state index in [1.54, 1.807) is 13.3 Å². The normalized spacial score (nSPS) is 18.4. The van der Waals surface area contributed by atoms with Gasteiger partial charge >= 0.3 is 0 Å². The molecule has 3 N–H and O–H groups in total. The van der Waals surface area contributed by atoms with Crippen molar-refractivity contribution >= 4 is 5.82 Å². The lowest BCUT2D eigenvalue weighted by atomic mass is 10.1. The zero-order valence-electron chi connectivity index (χ0n) is 12.0. The summed E-state index contributed by atoms with van der Waals surface area (Å²) in [5.41, 5.74) is 7.56. The van der Waals surface area contributed by atoms with Crippen molar-refractivity contribution in [1.82, 2.24) is 10.2 Å². The Hall–Kier alpha value is -2.21. The first kappa shape index (κ1) is 13.8. The fourth-order valence-corrected chi connectivity index (χ4v) is 2.53. The van der Waals surface area contributed by atoms with Gasteiger partial charge in [0, 0.05) is 17.7 Å². The maximum atomic E-state index is 6.03. The largest absolute Gasteiger partial charge is 0.492 e. The van der Waals surface area contributed by atoms with Gasteiger partial charge in [-0.05, 0) is 18.9 Å². The second kappa shape index (κ2) is 6.05. The molecule has 2 aromatic rings. The smallest absolute Gasteiger partial charge is 0.168 e. The summed E-state index contributed by atoms with van der Waals surface area (Å²) in [5.74, 6) is 1.87. The Morgan fingerprint density at radius 1 is 1.38 bits per heavy atom. The van der Waals surface area contributed by atoms with Crippen LogP contribution >= 0.6 is 0 Å². The molecule has 1 saturated heterocycles. The first-order chi connectivity index (χ1) is 10.3. The molecule has 0 bridgehead atoms. The van der Waals surface area contributed by atoms with Crippen molar-refractivity contribution in [2.45, 2.75) is 18.9 Å². The van der Waals surface area contributed by atoms with Crippen LogP contribution in [-0.4, -0.2) is 36.6 Å². The zero-order chi connectivity index (χ0) is 14.7. The Morgan fingerprint density at radius 3 is 2.95 bits per heavy atom. The summed E-state index contributed by atoms with van der Waals surface area (Å²) < 4.78 is 17.0. The minimum atomic E-state index is 0.0598. The molecule has 21 heavy (non-hydrogen) atoms. The number of anilines is 1. The Kier molecular flexibility index (Phi) is 3.96. The number of para-hydroxylation sites is 1. The van der Waals surface area contributed by atoms with Gasteiger partial charge in [0.2, 0.25) is 0 Å². The summed E-state index contributed by atoms with van der Waals surface area (Å²) in [6.07, 6.45) is 3.74. The molecule has 0 spiro atoms. The van der Waals surface area contributed by atoms with Crippen molar-refractivity contribution in [2.75, 3.05) is 26.1 Å². The lowest BCUT2D eigenvalue weighted by Crippen LogP contribution is -2.28. The van der Waals surface area contributed by atoms with Crippen LogP contribution in [0.1, 0.15) is 12.8 Å². The summed E-state index contributed by atoms with van der Waals surface area (Å²) in [6, 6.07) is 5.75. The predicted molar refractivity (Wildman–Crippen MR) is 79.5 cm³/mol. The summed E-state index contributed by atoms with van der Waals surface area (Å²) in [6.45, 7) is 1.42. The fraction of sp³-hybridized carbons (Fsp3) is 0.400. The van der Waals surface area contributed by atoms with Gasteiger partial charge in [-0.15, -0.1) is 0 Å². The number of ether oxygens (including phenoxy) is 3. The molecule has 0 amide bonds. The molecule has 6 nitrogen and oxygen atoms in total. The van der Waals surface area contributed by atoms with Crippen LogP contribution in [0.3, 0.4) is 0 Å². The van der Waals surface area contributed by atoms with Crippen LogP contribution in [0, 0.1) is 0 Å². The minimum Gasteiger partial charge on any atom is -0.492 e. The Morgan fingerprint density at radius 2 is 2.29 bits per heavy atom. The van der Waals surface area contributed by atoms with E-state index in [9.17, 15) is 0 Å². The highest BCUT2D eigenvalue weighted by Gasteiger charge is 2.20. The van der Waals surface area contributed by atoms with E-state index in [1.807, 2.05) is 18.2 Å². The van der Waals surface area contributed by atoms with Crippen LogP contribution in [0.4, 0.5) is 5.82 Å². The summed E-state index contributed by atoms with van der Waals surface area (Å²) in [4.78, 5) is 0. The van der Waals surface area contributed by atoms with E-state index in [0.29, 0.717) is 23.9 Å². The maximum Gasteiger partial charge on any atom is 0.168 e. The van der Waals surface area contributed by atoms with Gasteiger partial charge in [-0.3, -0.25) is 5.10 Å². The van der Waals surface area contributed by atoms with E-state index in [1.165, 1.54) is 0 Å².